The Morgan fingerprint density at radius 1 is 0.839 bits per heavy atom. The average molecular weight is 436 g/mol. The molecule has 1 aliphatic heterocycles. The molecule has 0 atom stereocenters. The van der Waals surface area contributed by atoms with Gasteiger partial charge in [-0.25, -0.2) is 8.42 Å². The molecule has 6 heteroatoms. The average Bonchev–Trinajstić information content (AvgIpc) is 2.80. The van der Waals surface area contributed by atoms with Gasteiger partial charge in [0.25, 0.3) is 10.0 Å². The second kappa shape index (κ2) is 9.64. The lowest BCUT2D eigenvalue weighted by Crippen LogP contribution is -2.40. The highest BCUT2D eigenvalue weighted by Gasteiger charge is 2.16. The number of nitrogens with one attached hydrogen (secondary N) is 1. The number of rotatable bonds is 7. The number of sulfonamides is 1. The zero-order valence-electron chi connectivity index (χ0n) is 17.6. The summed E-state index contributed by atoms with van der Waals surface area (Å²) in [5.41, 5.74) is 9.78. The predicted octanol–water partition coefficient (Wildman–Crippen LogP) is 4.12. The third-order valence-electron chi connectivity index (χ3n) is 5.83. The van der Waals surface area contributed by atoms with Crippen molar-refractivity contribution in [3.05, 3.63) is 84.4 Å². The summed E-state index contributed by atoms with van der Waals surface area (Å²) in [5, 5.41) is 0. The van der Waals surface area contributed by atoms with E-state index in [-0.39, 0.29) is 4.90 Å². The number of hydrogen-bond acceptors (Lipinski definition) is 4. The Morgan fingerprint density at radius 2 is 1.45 bits per heavy atom. The summed E-state index contributed by atoms with van der Waals surface area (Å²) in [7, 11) is -3.63. The second-order valence-corrected chi connectivity index (χ2v) is 9.80. The molecule has 0 unspecified atom stereocenters. The molecule has 0 saturated carbocycles. The first-order chi connectivity index (χ1) is 15.0. The molecule has 1 fully saturated rings. The first-order valence-electron chi connectivity index (χ1n) is 10.7. The van der Waals surface area contributed by atoms with E-state index in [2.05, 4.69) is 9.62 Å². The Hall–Kier alpha value is -2.67. The van der Waals surface area contributed by atoms with Gasteiger partial charge in [-0.3, -0.25) is 4.72 Å². The topological polar surface area (TPSA) is 75.4 Å². The normalized spacial score (nSPS) is 15.6. The zero-order chi connectivity index (χ0) is 21.7. The maximum Gasteiger partial charge on any atom is 0.261 e. The minimum Gasteiger partial charge on any atom is -0.328 e. The molecule has 3 aromatic rings. The van der Waals surface area contributed by atoms with Crippen LogP contribution in [0, 0.1) is 0 Å². The predicted molar refractivity (Wildman–Crippen MR) is 126 cm³/mol. The monoisotopic (exact) mass is 435 g/mol. The lowest BCUT2D eigenvalue weighted by molar-refractivity contribution is 0.215. The van der Waals surface area contributed by atoms with Crippen LogP contribution in [0.25, 0.3) is 11.1 Å². The number of hydrogen-bond donors (Lipinski definition) is 2. The van der Waals surface area contributed by atoms with Gasteiger partial charge >= 0.3 is 0 Å². The van der Waals surface area contributed by atoms with Gasteiger partial charge in [0.05, 0.1) is 4.90 Å². The molecule has 5 nitrogen and oxygen atoms in total. The van der Waals surface area contributed by atoms with Crippen LogP contribution < -0.4 is 10.5 Å². The summed E-state index contributed by atoms with van der Waals surface area (Å²) in [6.07, 6.45) is 3.07. The molecule has 1 heterocycles. The zero-order valence-corrected chi connectivity index (χ0v) is 18.4. The van der Waals surface area contributed by atoms with Crippen LogP contribution in [-0.4, -0.2) is 39.0 Å². The van der Waals surface area contributed by atoms with Crippen LogP contribution in [0.4, 0.5) is 5.69 Å². The molecular weight excluding hydrogens is 406 g/mol. The summed E-state index contributed by atoms with van der Waals surface area (Å²) in [4.78, 5) is 2.69. The van der Waals surface area contributed by atoms with E-state index in [1.54, 1.807) is 12.1 Å². The smallest absolute Gasteiger partial charge is 0.261 e. The molecule has 0 spiro atoms. The number of benzene rings is 3. The van der Waals surface area contributed by atoms with Crippen LogP contribution in [0.1, 0.15) is 18.4 Å². The fourth-order valence-electron chi connectivity index (χ4n) is 3.87. The van der Waals surface area contributed by atoms with Gasteiger partial charge in [0.1, 0.15) is 0 Å². The van der Waals surface area contributed by atoms with Crippen LogP contribution >= 0.6 is 0 Å². The molecule has 0 radical (unpaired) electrons. The van der Waals surface area contributed by atoms with Crippen molar-refractivity contribution in [1.82, 2.24) is 4.90 Å². The van der Waals surface area contributed by atoms with Crippen LogP contribution in [0.3, 0.4) is 0 Å². The molecule has 4 rings (SSSR count). The van der Waals surface area contributed by atoms with Crippen LogP contribution in [0.2, 0.25) is 0 Å². The van der Waals surface area contributed by atoms with Crippen molar-refractivity contribution in [3.63, 3.8) is 0 Å². The maximum absolute atomic E-state index is 12.8. The van der Waals surface area contributed by atoms with Crippen molar-refractivity contribution in [3.8, 4) is 11.1 Å². The minimum atomic E-state index is -3.63. The largest absolute Gasteiger partial charge is 0.328 e. The molecule has 31 heavy (non-hydrogen) atoms. The molecule has 162 valence electrons. The molecule has 0 aromatic heterocycles. The Balaban J connectivity index is 1.35. The maximum atomic E-state index is 12.8. The van der Waals surface area contributed by atoms with Gasteiger partial charge in [0.2, 0.25) is 0 Å². The van der Waals surface area contributed by atoms with Gasteiger partial charge in [-0.15, -0.1) is 0 Å². The standard InChI is InChI=1S/C25H29N3O2S/c26-23-15-18-28(19-16-23)17-14-20-6-10-24(11-7-20)27-31(29,30)25-12-8-22(9-13-25)21-4-2-1-3-5-21/h1-13,23,27H,14-19,26H2. The van der Waals surface area contributed by atoms with Crippen LogP contribution in [-0.2, 0) is 16.4 Å². The highest BCUT2D eigenvalue weighted by Crippen LogP contribution is 2.23. The Morgan fingerprint density at radius 3 is 2.10 bits per heavy atom. The van der Waals surface area contributed by atoms with Crippen LogP contribution in [0.15, 0.2) is 83.8 Å². The molecule has 0 aliphatic carbocycles. The lowest BCUT2D eigenvalue weighted by atomic mass is 10.1. The van der Waals surface area contributed by atoms with Crippen molar-refractivity contribution in [2.45, 2.75) is 30.2 Å². The van der Waals surface area contributed by atoms with Crippen molar-refractivity contribution >= 4 is 15.7 Å². The van der Waals surface area contributed by atoms with Gasteiger partial charge in [0, 0.05) is 18.3 Å². The summed E-state index contributed by atoms with van der Waals surface area (Å²) in [5.74, 6) is 0. The highest BCUT2D eigenvalue weighted by atomic mass is 32.2. The van der Waals surface area contributed by atoms with Gasteiger partial charge < -0.3 is 10.6 Å². The molecule has 3 N–H and O–H groups in total. The summed E-state index contributed by atoms with van der Waals surface area (Å²) in [6, 6.07) is 24.8. The first kappa shape index (κ1) is 21.6. The second-order valence-electron chi connectivity index (χ2n) is 8.12. The van der Waals surface area contributed by atoms with E-state index in [0.29, 0.717) is 11.7 Å². The number of likely N-dealkylation sites (tertiary alicyclic amines) is 1. The summed E-state index contributed by atoms with van der Waals surface area (Å²) in [6.45, 7) is 3.12. The summed E-state index contributed by atoms with van der Waals surface area (Å²) >= 11 is 0. The van der Waals surface area contributed by atoms with E-state index < -0.39 is 10.0 Å². The Kier molecular flexibility index (Phi) is 6.70. The van der Waals surface area contributed by atoms with Crippen molar-refractivity contribution in [2.75, 3.05) is 24.4 Å². The highest BCUT2D eigenvalue weighted by molar-refractivity contribution is 7.92. The molecular formula is C25H29N3O2S. The van der Waals surface area contributed by atoms with E-state index in [0.717, 1.165) is 50.0 Å². The fourth-order valence-corrected chi connectivity index (χ4v) is 4.93. The fraction of sp³-hybridized carbons (Fsp3) is 0.280. The van der Waals surface area contributed by atoms with E-state index in [4.69, 9.17) is 5.73 Å². The van der Waals surface area contributed by atoms with E-state index in [1.165, 1.54) is 5.56 Å². The van der Waals surface area contributed by atoms with E-state index >= 15 is 0 Å². The van der Waals surface area contributed by atoms with E-state index in [9.17, 15) is 8.42 Å². The first-order valence-corrected chi connectivity index (χ1v) is 12.2. The molecule has 3 aromatic carbocycles. The third kappa shape index (κ3) is 5.73. The van der Waals surface area contributed by atoms with Crippen molar-refractivity contribution < 1.29 is 8.42 Å². The van der Waals surface area contributed by atoms with Crippen molar-refractivity contribution in [1.29, 1.82) is 0 Å². The van der Waals surface area contributed by atoms with Crippen LogP contribution in [0.5, 0.6) is 0 Å². The van der Waals surface area contributed by atoms with Gasteiger partial charge in [-0.05, 0) is 73.3 Å². The Labute approximate surface area is 185 Å². The van der Waals surface area contributed by atoms with Gasteiger partial charge in [-0.2, -0.15) is 0 Å². The molecule has 1 aliphatic rings. The lowest BCUT2D eigenvalue weighted by Gasteiger charge is -2.29. The van der Waals surface area contributed by atoms with Gasteiger partial charge in [-0.1, -0.05) is 54.6 Å². The molecule has 0 bridgehead atoms. The number of piperidine rings is 1. The molecule has 0 amide bonds. The third-order valence-corrected chi connectivity index (χ3v) is 7.22. The summed E-state index contributed by atoms with van der Waals surface area (Å²) < 4.78 is 28.2. The van der Waals surface area contributed by atoms with Gasteiger partial charge in [0.15, 0.2) is 0 Å². The Bertz CT molecular complexity index is 1070. The quantitative estimate of drug-likeness (QED) is 0.585. The van der Waals surface area contributed by atoms with E-state index in [1.807, 2.05) is 66.7 Å². The SMILES string of the molecule is NC1CCN(CCc2ccc(NS(=O)(=O)c3ccc(-c4ccccc4)cc3)cc2)CC1. The number of nitrogens with zero attached hydrogens (tertiary/aromatic N) is 1. The van der Waals surface area contributed by atoms with Crippen molar-refractivity contribution in [2.24, 2.45) is 5.73 Å². The minimum absolute atomic E-state index is 0.250. The number of anilines is 1. The molecule has 1 saturated heterocycles. The number of nitrogens with two attached hydrogens (primary N) is 1.